The van der Waals surface area contributed by atoms with Crippen LogP contribution in [0.15, 0.2) is 102 Å². The number of rotatable bonds is 12. The summed E-state index contributed by atoms with van der Waals surface area (Å²) in [5, 5.41) is 24.9. The van der Waals surface area contributed by atoms with Gasteiger partial charge in [-0.1, -0.05) is 66.7 Å². The van der Waals surface area contributed by atoms with Crippen molar-refractivity contribution in [3.63, 3.8) is 0 Å². The quantitative estimate of drug-likeness (QED) is 0.113. The molecule has 2 heterocycles. The van der Waals surface area contributed by atoms with Gasteiger partial charge in [-0.05, 0) is 41.0 Å². The molecule has 244 valence electrons. The van der Waals surface area contributed by atoms with Gasteiger partial charge in [0.05, 0.1) is 31.5 Å². The van der Waals surface area contributed by atoms with Crippen molar-refractivity contribution in [1.82, 2.24) is 10.3 Å². The van der Waals surface area contributed by atoms with Gasteiger partial charge in [-0.25, -0.2) is 19.4 Å². The topological polar surface area (TPSA) is 156 Å². The first-order valence-corrected chi connectivity index (χ1v) is 15.9. The van der Waals surface area contributed by atoms with Crippen LogP contribution in [0, 0.1) is 0 Å². The highest BCUT2D eigenvalue weighted by Gasteiger charge is 2.33. The van der Waals surface area contributed by atoms with E-state index >= 15 is 0 Å². The number of nitrogens with one attached hydrogen (secondary N) is 2. The van der Waals surface area contributed by atoms with Crippen molar-refractivity contribution in [3.05, 3.63) is 125 Å². The summed E-state index contributed by atoms with van der Waals surface area (Å²) in [6.45, 7) is -0.0679. The molecule has 1 aliphatic rings. The Hall–Kier alpha value is -4.75. The fourth-order valence-electron chi connectivity index (χ4n) is 5.10. The summed E-state index contributed by atoms with van der Waals surface area (Å²) < 4.78 is 17.6. The number of ether oxygens (including phenoxy) is 3. The molecule has 1 fully saturated rings. The van der Waals surface area contributed by atoms with E-state index in [4.69, 9.17) is 14.2 Å². The number of nitrogens with zero attached hydrogens (tertiary/aromatic N) is 1. The number of hydrogen-bond acceptors (Lipinski definition) is 9. The van der Waals surface area contributed by atoms with E-state index in [1.54, 1.807) is 36.5 Å². The first kappa shape index (κ1) is 33.6. The van der Waals surface area contributed by atoms with E-state index in [9.17, 15) is 24.6 Å². The lowest BCUT2D eigenvalue weighted by Gasteiger charge is -2.36. The number of hydrogen-bond donors (Lipinski definition) is 4. The first-order valence-electron chi connectivity index (χ1n) is 14.9. The Morgan fingerprint density at radius 2 is 1.66 bits per heavy atom. The number of amides is 2. The third-order valence-electron chi connectivity index (χ3n) is 7.54. The minimum atomic E-state index is -1.05. The van der Waals surface area contributed by atoms with Gasteiger partial charge in [0, 0.05) is 36.0 Å². The summed E-state index contributed by atoms with van der Waals surface area (Å²) in [6, 6.07) is 25.5. The van der Waals surface area contributed by atoms with E-state index in [1.165, 1.54) is 24.9 Å². The summed E-state index contributed by atoms with van der Waals surface area (Å²) in [6.07, 6.45) is 0.949. The number of anilines is 1. The van der Waals surface area contributed by atoms with Crippen LogP contribution in [-0.4, -0.2) is 58.2 Å². The van der Waals surface area contributed by atoms with Crippen molar-refractivity contribution >= 4 is 35.4 Å². The summed E-state index contributed by atoms with van der Waals surface area (Å²) in [5.74, 6) is -1.17. The Morgan fingerprint density at radius 3 is 2.34 bits per heavy atom. The van der Waals surface area contributed by atoms with E-state index in [-0.39, 0.29) is 30.8 Å². The van der Waals surface area contributed by atoms with Crippen molar-refractivity contribution < 1.29 is 38.8 Å². The van der Waals surface area contributed by atoms with Crippen LogP contribution in [-0.2, 0) is 32.0 Å². The third kappa shape index (κ3) is 9.17. The van der Waals surface area contributed by atoms with Crippen LogP contribution in [0.4, 0.5) is 10.5 Å². The van der Waals surface area contributed by atoms with E-state index in [1.807, 2.05) is 54.6 Å². The van der Waals surface area contributed by atoms with Gasteiger partial charge in [0.1, 0.15) is 11.1 Å². The molecular weight excluding hydrogens is 622 g/mol. The van der Waals surface area contributed by atoms with Crippen molar-refractivity contribution in [2.24, 2.45) is 0 Å². The van der Waals surface area contributed by atoms with Gasteiger partial charge in [-0.3, -0.25) is 0 Å². The molecule has 2 amide bonds. The predicted molar refractivity (Wildman–Crippen MR) is 175 cm³/mol. The Labute approximate surface area is 276 Å². The van der Waals surface area contributed by atoms with Crippen LogP contribution in [0.3, 0.4) is 0 Å². The molecule has 0 bridgehead atoms. The lowest BCUT2D eigenvalue weighted by molar-refractivity contribution is -0.245. The van der Waals surface area contributed by atoms with Crippen molar-refractivity contribution in [3.8, 4) is 0 Å². The summed E-state index contributed by atoms with van der Waals surface area (Å²) in [7, 11) is 1.28. The van der Waals surface area contributed by atoms with Crippen molar-refractivity contribution in [2.75, 3.05) is 18.2 Å². The van der Waals surface area contributed by atoms with Crippen molar-refractivity contribution in [1.29, 1.82) is 0 Å². The molecule has 0 saturated carbocycles. The van der Waals surface area contributed by atoms with Gasteiger partial charge >= 0.3 is 18.0 Å². The molecule has 0 spiro atoms. The fraction of sp³-hybridized carbons (Fsp3) is 0.257. The number of aromatic carboxylic acids is 1. The average Bonchev–Trinajstić information content (AvgIpc) is 3.10. The Bertz CT molecular complexity index is 1650. The maximum atomic E-state index is 12.8. The third-order valence-corrected chi connectivity index (χ3v) is 8.67. The SMILES string of the molecule is COC(=O)[C@H](Cc1ccccc1)NC(=O)Nc1ccc([C@H]2O[C@@H](CSc3ncccc3C(=O)O)C[C@@H](c3ccc(CO)cc3)O2)cc1. The summed E-state index contributed by atoms with van der Waals surface area (Å²) in [5.41, 5.74) is 3.91. The number of aromatic nitrogens is 1. The van der Waals surface area contributed by atoms with Crippen LogP contribution in [0.2, 0.25) is 0 Å². The number of thioether (sulfide) groups is 1. The van der Waals surface area contributed by atoms with E-state index in [0.29, 0.717) is 28.5 Å². The monoisotopic (exact) mass is 657 g/mol. The lowest BCUT2D eigenvalue weighted by Crippen LogP contribution is -2.45. The van der Waals surface area contributed by atoms with Gasteiger partial charge in [0.25, 0.3) is 0 Å². The molecule has 12 heteroatoms. The second-order valence-corrected chi connectivity index (χ2v) is 11.8. The zero-order valence-corrected chi connectivity index (χ0v) is 26.4. The maximum absolute atomic E-state index is 12.8. The van der Waals surface area contributed by atoms with E-state index < -0.39 is 30.3 Å². The van der Waals surface area contributed by atoms with Crippen LogP contribution in [0.25, 0.3) is 0 Å². The van der Waals surface area contributed by atoms with Crippen LogP contribution in [0.1, 0.15) is 51.4 Å². The maximum Gasteiger partial charge on any atom is 0.338 e. The largest absolute Gasteiger partial charge is 0.478 e. The number of carboxylic acid groups (broad SMARTS) is 1. The zero-order valence-electron chi connectivity index (χ0n) is 25.6. The highest BCUT2D eigenvalue weighted by molar-refractivity contribution is 7.99. The molecule has 1 aromatic heterocycles. The second-order valence-electron chi connectivity index (χ2n) is 10.8. The highest BCUT2D eigenvalue weighted by Crippen LogP contribution is 2.39. The first-order chi connectivity index (χ1) is 22.8. The number of pyridine rings is 1. The highest BCUT2D eigenvalue weighted by atomic mass is 32.2. The number of benzene rings is 3. The number of aliphatic hydroxyl groups excluding tert-OH is 1. The molecule has 4 atom stereocenters. The molecule has 3 aromatic carbocycles. The molecular formula is C35H35N3O8S. The molecule has 0 unspecified atom stereocenters. The molecule has 4 N–H and O–H groups in total. The molecule has 1 aliphatic heterocycles. The van der Waals surface area contributed by atoms with Gasteiger partial charge in [0.2, 0.25) is 0 Å². The number of carboxylic acids is 1. The van der Waals surface area contributed by atoms with Crippen LogP contribution >= 0.6 is 11.8 Å². The molecule has 4 aromatic rings. The molecule has 1 saturated heterocycles. The Kier molecular flexibility index (Phi) is 11.6. The normalized spacial score (nSPS) is 18.1. The zero-order chi connectivity index (χ0) is 33.2. The average molecular weight is 658 g/mol. The molecule has 0 aliphatic carbocycles. The minimum absolute atomic E-state index is 0.0679. The Morgan fingerprint density at radius 1 is 0.936 bits per heavy atom. The fourth-order valence-corrected chi connectivity index (χ4v) is 6.10. The second kappa shape index (κ2) is 16.2. The van der Waals surface area contributed by atoms with Gasteiger partial charge in [-0.2, -0.15) is 0 Å². The van der Waals surface area contributed by atoms with E-state index in [0.717, 1.165) is 16.7 Å². The number of carbonyl (C=O) groups is 3. The van der Waals surface area contributed by atoms with Gasteiger partial charge in [-0.15, -0.1) is 11.8 Å². The number of carbonyl (C=O) groups excluding carboxylic acids is 2. The number of methoxy groups -OCH3 is 1. The number of urea groups is 1. The molecule has 47 heavy (non-hydrogen) atoms. The molecule has 5 rings (SSSR count). The van der Waals surface area contributed by atoms with E-state index in [2.05, 4.69) is 15.6 Å². The predicted octanol–water partition coefficient (Wildman–Crippen LogP) is 5.52. The molecule has 0 radical (unpaired) electrons. The van der Waals surface area contributed by atoms with Crippen LogP contribution < -0.4 is 10.6 Å². The molecule has 11 nitrogen and oxygen atoms in total. The summed E-state index contributed by atoms with van der Waals surface area (Å²) in [4.78, 5) is 41.1. The Balaban J connectivity index is 1.27. The van der Waals surface area contributed by atoms with Gasteiger partial charge in [0.15, 0.2) is 6.29 Å². The standard InChI is InChI=1S/C35H35N3O8S/c1-44-33(42)29(18-22-6-3-2-4-7-22)38-35(43)37-26-15-13-25(14-16-26)34-45-27(21-47-31-28(32(40)41)8-5-17-36-31)19-30(46-34)24-11-9-23(20-39)10-12-24/h2-17,27,29-30,34,39H,18-21H2,1H3,(H,40,41)(H2,37,38,43)/t27-,29+,30+,34+/m1/s1. The lowest BCUT2D eigenvalue weighted by atomic mass is 10.0. The van der Waals surface area contributed by atoms with Crippen molar-refractivity contribution in [2.45, 2.75) is 49.0 Å². The number of aliphatic hydroxyl groups is 1. The summed E-state index contributed by atoms with van der Waals surface area (Å²) >= 11 is 1.31. The van der Waals surface area contributed by atoms with Gasteiger partial charge < -0.3 is 35.1 Å². The number of esters is 1. The van der Waals surface area contributed by atoms with Crippen LogP contribution in [0.5, 0.6) is 0 Å². The smallest absolute Gasteiger partial charge is 0.338 e. The minimum Gasteiger partial charge on any atom is -0.478 e.